The highest BCUT2D eigenvalue weighted by Gasteiger charge is 2.34. The molecule has 1 heterocycles. The molecule has 0 spiro atoms. The number of halogens is 3. The largest absolute Gasteiger partial charge is 0.463 e. The van der Waals surface area contributed by atoms with Crippen molar-refractivity contribution in [3.05, 3.63) is 71.8 Å². The molecule has 2 aromatic carbocycles. The molecule has 224 valence electrons. The molecule has 6 heteroatoms. The number of esters is 1. The van der Waals surface area contributed by atoms with Gasteiger partial charge in [0.1, 0.15) is 11.3 Å². The van der Waals surface area contributed by atoms with Crippen LogP contribution in [0.4, 0.5) is 13.2 Å². The standard InChI is InChI=1S/C35H45F3O3/c1-3-5-14-17-27-20-22-30(31(24-27)35(36,37)38)33-26-29-21-19-28(25-32(29)41-33)18-15-12-10-8-6-7-9-11-13-16-23-40-34(39)4-2/h4,19-22,24-26H,2-3,5-18,23H2,1H3. The van der Waals surface area contributed by atoms with Crippen LogP contribution in [0.2, 0.25) is 0 Å². The molecule has 0 saturated carbocycles. The molecule has 0 aliphatic carbocycles. The van der Waals surface area contributed by atoms with Crippen LogP contribution in [0.25, 0.3) is 22.3 Å². The smallest absolute Gasteiger partial charge is 0.417 e. The van der Waals surface area contributed by atoms with Gasteiger partial charge < -0.3 is 9.15 Å². The first kappa shape index (κ1) is 32.5. The number of hydrogen-bond acceptors (Lipinski definition) is 3. The van der Waals surface area contributed by atoms with Crippen molar-refractivity contribution >= 4 is 16.9 Å². The molecule has 41 heavy (non-hydrogen) atoms. The third-order valence-corrected chi connectivity index (χ3v) is 7.58. The number of alkyl halides is 3. The molecule has 0 fully saturated rings. The van der Waals surface area contributed by atoms with Crippen LogP contribution in [0.15, 0.2) is 59.5 Å². The number of rotatable bonds is 19. The lowest BCUT2D eigenvalue weighted by Crippen LogP contribution is -2.08. The number of aryl methyl sites for hydroxylation is 2. The van der Waals surface area contributed by atoms with Crippen molar-refractivity contribution in [2.45, 2.75) is 109 Å². The topological polar surface area (TPSA) is 39.4 Å². The number of benzene rings is 2. The van der Waals surface area contributed by atoms with Gasteiger partial charge in [0, 0.05) is 17.0 Å². The number of unbranched alkanes of at least 4 members (excludes halogenated alkanes) is 11. The molecule has 3 aromatic rings. The Morgan fingerprint density at radius 3 is 2.02 bits per heavy atom. The van der Waals surface area contributed by atoms with Crippen LogP contribution in [-0.2, 0) is 28.5 Å². The van der Waals surface area contributed by atoms with E-state index < -0.39 is 11.7 Å². The maximum atomic E-state index is 13.9. The van der Waals surface area contributed by atoms with E-state index in [9.17, 15) is 18.0 Å². The van der Waals surface area contributed by atoms with Crippen LogP contribution in [0.5, 0.6) is 0 Å². The summed E-state index contributed by atoms with van der Waals surface area (Å²) in [5.41, 5.74) is 1.98. The van der Waals surface area contributed by atoms with Gasteiger partial charge in [-0.15, -0.1) is 0 Å². The van der Waals surface area contributed by atoms with Gasteiger partial charge in [-0.2, -0.15) is 13.2 Å². The number of carbonyl (C=O) groups excluding carboxylic acids is 1. The molecule has 0 bridgehead atoms. The van der Waals surface area contributed by atoms with E-state index in [4.69, 9.17) is 9.15 Å². The van der Waals surface area contributed by atoms with Crippen LogP contribution in [0.3, 0.4) is 0 Å². The molecule has 0 aliphatic rings. The monoisotopic (exact) mass is 570 g/mol. The average Bonchev–Trinajstić information content (AvgIpc) is 3.38. The number of fused-ring (bicyclic) bond motifs is 1. The van der Waals surface area contributed by atoms with Crippen LogP contribution < -0.4 is 0 Å². The Hall–Kier alpha value is -3.02. The Kier molecular flexibility index (Phi) is 13.5. The first-order valence-corrected chi connectivity index (χ1v) is 15.3. The summed E-state index contributed by atoms with van der Waals surface area (Å²) < 4.78 is 52.8. The minimum absolute atomic E-state index is 0.100. The Balaban J connectivity index is 1.42. The average molecular weight is 571 g/mol. The van der Waals surface area contributed by atoms with Gasteiger partial charge in [-0.25, -0.2) is 4.79 Å². The van der Waals surface area contributed by atoms with Gasteiger partial charge in [0.25, 0.3) is 0 Å². The predicted octanol–water partition coefficient (Wildman–Crippen LogP) is 11.0. The molecule has 3 nitrogen and oxygen atoms in total. The zero-order valence-corrected chi connectivity index (χ0v) is 24.5. The zero-order valence-electron chi connectivity index (χ0n) is 24.5. The van der Waals surface area contributed by atoms with Gasteiger partial charge in [-0.1, -0.05) is 102 Å². The third-order valence-electron chi connectivity index (χ3n) is 7.58. The summed E-state index contributed by atoms with van der Waals surface area (Å²) in [5.74, 6) is -0.0845. The number of furan rings is 1. The van der Waals surface area contributed by atoms with Gasteiger partial charge in [-0.3, -0.25) is 0 Å². The first-order valence-electron chi connectivity index (χ1n) is 15.3. The molecule has 0 saturated heterocycles. The van der Waals surface area contributed by atoms with Crippen molar-refractivity contribution in [2.24, 2.45) is 0 Å². The van der Waals surface area contributed by atoms with Crippen molar-refractivity contribution in [3.8, 4) is 11.3 Å². The van der Waals surface area contributed by atoms with E-state index in [1.807, 2.05) is 12.1 Å². The summed E-state index contributed by atoms with van der Waals surface area (Å²) in [6.07, 6.45) is 12.8. The molecule has 0 unspecified atom stereocenters. The lowest BCUT2D eigenvalue weighted by molar-refractivity contribution is -0.138. The quantitative estimate of drug-likeness (QED) is 0.0817. The molecule has 0 N–H and O–H groups in total. The summed E-state index contributed by atoms with van der Waals surface area (Å²) in [4.78, 5) is 11.0. The van der Waals surface area contributed by atoms with E-state index in [2.05, 4.69) is 19.6 Å². The highest BCUT2D eigenvalue weighted by Crippen LogP contribution is 2.40. The molecule has 0 amide bonds. The van der Waals surface area contributed by atoms with Gasteiger partial charge in [0.2, 0.25) is 0 Å². The van der Waals surface area contributed by atoms with Gasteiger partial charge in [0.15, 0.2) is 0 Å². The summed E-state index contributed by atoms with van der Waals surface area (Å²) in [5, 5.41) is 0.821. The Morgan fingerprint density at radius 2 is 1.39 bits per heavy atom. The fourth-order valence-electron chi connectivity index (χ4n) is 5.22. The van der Waals surface area contributed by atoms with E-state index in [1.54, 1.807) is 18.2 Å². The molecule has 0 atom stereocenters. The van der Waals surface area contributed by atoms with Crippen LogP contribution in [-0.4, -0.2) is 12.6 Å². The SMILES string of the molecule is C=CC(=O)OCCCCCCCCCCCCc1ccc2cc(-c3ccc(CCCCC)cc3C(F)(F)F)oc2c1. The van der Waals surface area contributed by atoms with Crippen molar-refractivity contribution in [1.82, 2.24) is 0 Å². The molecular weight excluding hydrogens is 525 g/mol. The Morgan fingerprint density at radius 1 is 0.805 bits per heavy atom. The van der Waals surface area contributed by atoms with Crippen LogP contribution in [0.1, 0.15) is 107 Å². The lowest BCUT2D eigenvalue weighted by atomic mass is 9.98. The fraction of sp³-hybridized carbons (Fsp3) is 0.514. The molecule has 1 aromatic heterocycles. The van der Waals surface area contributed by atoms with Gasteiger partial charge >= 0.3 is 12.1 Å². The van der Waals surface area contributed by atoms with E-state index in [0.29, 0.717) is 24.2 Å². The minimum Gasteiger partial charge on any atom is -0.463 e. The minimum atomic E-state index is -4.44. The maximum Gasteiger partial charge on any atom is 0.417 e. The summed E-state index contributed by atoms with van der Waals surface area (Å²) >= 11 is 0. The number of carbonyl (C=O) groups is 1. The second-order valence-electron chi connectivity index (χ2n) is 11.0. The zero-order chi connectivity index (χ0) is 29.5. The van der Waals surface area contributed by atoms with E-state index >= 15 is 0 Å². The normalized spacial score (nSPS) is 11.7. The molecule has 0 radical (unpaired) electrons. The van der Waals surface area contributed by atoms with E-state index in [0.717, 1.165) is 62.3 Å². The van der Waals surface area contributed by atoms with Crippen molar-refractivity contribution < 1.29 is 27.1 Å². The number of hydrogen-bond donors (Lipinski definition) is 0. The summed E-state index contributed by atoms with van der Waals surface area (Å²) in [7, 11) is 0. The van der Waals surface area contributed by atoms with Gasteiger partial charge in [0.05, 0.1) is 12.2 Å². The summed E-state index contributed by atoms with van der Waals surface area (Å²) in [6, 6.07) is 12.4. The van der Waals surface area contributed by atoms with Crippen molar-refractivity contribution in [3.63, 3.8) is 0 Å². The second-order valence-corrected chi connectivity index (χ2v) is 11.0. The van der Waals surface area contributed by atoms with Crippen molar-refractivity contribution in [2.75, 3.05) is 6.61 Å². The van der Waals surface area contributed by atoms with Crippen LogP contribution >= 0.6 is 0 Å². The third kappa shape index (κ3) is 11.1. The molecule has 3 rings (SSSR count). The van der Waals surface area contributed by atoms with Crippen molar-refractivity contribution in [1.29, 1.82) is 0 Å². The number of ether oxygens (including phenoxy) is 1. The maximum absolute atomic E-state index is 13.9. The van der Waals surface area contributed by atoms with E-state index in [1.165, 1.54) is 50.7 Å². The fourth-order valence-corrected chi connectivity index (χ4v) is 5.22. The molecule has 0 aliphatic heterocycles. The first-order chi connectivity index (χ1) is 19.8. The highest BCUT2D eigenvalue weighted by atomic mass is 19.4. The highest BCUT2D eigenvalue weighted by molar-refractivity contribution is 5.84. The molecular formula is C35H45F3O3. The Bertz CT molecular complexity index is 1230. The summed E-state index contributed by atoms with van der Waals surface area (Å²) in [6.45, 7) is 5.94. The predicted molar refractivity (Wildman–Crippen MR) is 161 cm³/mol. The van der Waals surface area contributed by atoms with E-state index in [-0.39, 0.29) is 17.3 Å². The lowest BCUT2D eigenvalue weighted by Gasteiger charge is -2.13. The van der Waals surface area contributed by atoms with Crippen LogP contribution in [0, 0.1) is 0 Å². The van der Waals surface area contributed by atoms with Gasteiger partial charge in [-0.05, 0) is 61.4 Å². The second kappa shape index (κ2) is 17.1. The Labute approximate surface area is 243 Å².